The first-order valence-electron chi connectivity index (χ1n) is 10.7. The first-order chi connectivity index (χ1) is 14.9. The third kappa shape index (κ3) is 7.08. The van der Waals surface area contributed by atoms with E-state index in [1.54, 1.807) is 0 Å². The van der Waals surface area contributed by atoms with Crippen LogP contribution in [0.25, 0.3) is 11.1 Å². The molecule has 0 saturated heterocycles. The molecule has 0 atom stereocenters. The van der Waals surface area contributed by atoms with Gasteiger partial charge in [-0.15, -0.1) is 0 Å². The summed E-state index contributed by atoms with van der Waals surface area (Å²) >= 11 is 0. The van der Waals surface area contributed by atoms with Gasteiger partial charge in [0, 0.05) is 18.1 Å². The Kier molecular flexibility index (Phi) is 8.86. The minimum absolute atomic E-state index is 0. The fraction of sp³-hybridized carbons (Fsp3) is 0.179. The van der Waals surface area contributed by atoms with Gasteiger partial charge in [-0.3, -0.25) is 0 Å². The van der Waals surface area contributed by atoms with Crippen molar-refractivity contribution >= 4 is 0 Å². The average Bonchev–Trinajstić information content (AvgIpc) is 2.83. The van der Waals surface area contributed by atoms with Crippen LogP contribution in [-0.2, 0) is 19.4 Å². The van der Waals surface area contributed by atoms with E-state index in [0.29, 0.717) is 6.61 Å². The first kappa shape index (κ1) is 22.8. The van der Waals surface area contributed by atoms with Crippen molar-refractivity contribution in [1.29, 1.82) is 0 Å². The Hall–Kier alpha value is -2.91. The van der Waals surface area contributed by atoms with E-state index >= 15 is 0 Å². The molecule has 31 heavy (non-hydrogen) atoms. The molecule has 0 fully saturated rings. The van der Waals surface area contributed by atoms with Crippen LogP contribution in [0.5, 0.6) is 5.75 Å². The number of halogens is 1. The Morgan fingerprint density at radius 1 is 0.613 bits per heavy atom. The second-order valence-electron chi connectivity index (χ2n) is 7.53. The molecule has 0 N–H and O–H groups in total. The Bertz CT molecular complexity index is 1030. The van der Waals surface area contributed by atoms with E-state index < -0.39 is 0 Å². The Labute approximate surface area is 195 Å². The van der Waals surface area contributed by atoms with Gasteiger partial charge in [0.1, 0.15) is 5.75 Å². The second-order valence-corrected chi connectivity index (χ2v) is 7.53. The van der Waals surface area contributed by atoms with Crippen LogP contribution >= 0.6 is 0 Å². The lowest BCUT2D eigenvalue weighted by Crippen LogP contribution is -3.00. The molecule has 3 heteroatoms. The third-order valence-corrected chi connectivity index (χ3v) is 5.26. The van der Waals surface area contributed by atoms with Gasteiger partial charge in [-0.2, -0.15) is 0 Å². The lowest BCUT2D eigenvalue weighted by molar-refractivity contribution is -0.696. The molecule has 0 aliphatic rings. The van der Waals surface area contributed by atoms with Gasteiger partial charge in [0.25, 0.3) is 0 Å². The highest BCUT2D eigenvalue weighted by Gasteiger charge is 2.05. The molecule has 1 heterocycles. The van der Waals surface area contributed by atoms with E-state index in [1.807, 2.05) is 6.07 Å². The monoisotopic (exact) mass is 473 g/mol. The SMILES string of the molecule is [Br-].c1ccc(CCc2ccc(OCCC[n+]3cccc(-c4ccccc4)c3)cc2)cc1. The van der Waals surface area contributed by atoms with Crippen molar-refractivity contribution in [2.24, 2.45) is 0 Å². The number of benzene rings is 3. The molecule has 4 rings (SSSR count). The van der Waals surface area contributed by atoms with Gasteiger partial charge in [0.15, 0.2) is 18.9 Å². The van der Waals surface area contributed by atoms with Gasteiger partial charge in [0.05, 0.1) is 6.61 Å². The molecule has 2 nitrogen and oxygen atoms in total. The van der Waals surface area contributed by atoms with Crippen LogP contribution in [0.3, 0.4) is 0 Å². The van der Waals surface area contributed by atoms with E-state index in [-0.39, 0.29) is 17.0 Å². The molecular weight excluding hydrogens is 446 g/mol. The highest BCUT2D eigenvalue weighted by molar-refractivity contribution is 5.61. The molecular formula is C28H28BrNO. The number of hydrogen-bond acceptors (Lipinski definition) is 1. The summed E-state index contributed by atoms with van der Waals surface area (Å²) in [6, 6.07) is 33.9. The summed E-state index contributed by atoms with van der Waals surface area (Å²) in [5.41, 5.74) is 5.21. The molecule has 0 radical (unpaired) electrons. The lowest BCUT2D eigenvalue weighted by atomic mass is 10.0. The normalized spacial score (nSPS) is 10.3. The minimum Gasteiger partial charge on any atom is -1.00 e. The van der Waals surface area contributed by atoms with Crippen LogP contribution in [-0.4, -0.2) is 6.61 Å². The summed E-state index contributed by atoms with van der Waals surface area (Å²) in [7, 11) is 0. The predicted octanol–water partition coefficient (Wildman–Crippen LogP) is 2.90. The first-order valence-corrected chi connectivity index (χ1v) is 10.7. The predicted molar refractivity (Wildman–Crippen MR) is 122 cm³/mol. The highest BCUT2D eigenvalue weighted by Crippen LogP contribution is 2.16. The largest absolute Gasteiger partial charge is 1.00 e. The van der Waals surface area contributed by atoms with Crippen molar-refractivity contribution in [3.8, 4) is 16.9 Å². The molecule has 0 spiro atoms. The smallest absolute Gasteiger partial charge is 0.176 e. The zero-order valence-electron chi connectivity index (χ0n) is 17.7. The zero-order valence-corrected chi connectivity index (χ0v) is 19.2. The summed E-state index contributed by atoms with van der Waals surface area (Å²) in [6.45, 7) is 1.65. The van der Waals surface area contributed by atoms with E-state index in [2.05, 4.69) is 108 Å². The topological polar surface area (TPSA) is 13.1 Å². The fourth-order valence-corrected chi connectivity index (χ4v) is 3.59. The summed E-state index contributed by atoms with van der Waals surface area (Å²) in [6.07, 6.45) is 7.42. The van der Waals surface area contributed by atoms with Gasteiger partial charge in [-0.1, -0.05) is 72.8 Å². The Morgan fingerprint density at radius 3 is 1.94 bits per heavy atom. The molecule has 0 saturated carbocycles. The van der Waals surface area contributed by atoms with Gasteiger partial charge in [-0.05, 0) is 47.7 Å². The minimum atomic E-state index is 0. The maximum atomic E-state index is 5.95. The van der Waals surface area contributed by atoms with Crippen LogP contribution in [0.15, 0.2) is 109 Å². The number of aromatic nitrogens is 1. The van der Waals surface area contributed by atoms with E-state index in [0.717, 1.165) is 31.6 Å². The third-order valence-electron chi connectivity index (χ3n) is 5.26. The quantitative estimate of drug-likeness (QED) is 0.269. The molecule has 0 amide bonds. The maximum absolute atomic E-state index is 5.95. The van der Waals surface area contributed by atoms with E-state index in [4.69, 9.17) is 4.74 Å². The lowest BCUT2D eigenvalue weighted by Gasteiger charge is -2.07. The number of pyridine rings is 1. The van der Waals surface area contributed by atoms with Gasteiger partial charge in [-0.25, -0.2) is 4.57 Å². The van der Waals surface area contributed by atoms with Crippen molar-refractivity contribution in [2.75, 3.05) is 6.61 Å². The summed E-state index contributed by atoms with van der Waals surface area (Å²) in [4.78, 5) is 0. The van der Waals surface area contributed by atoms with Crippen molar-refractivity contribution in [1.82, 2.24) is 0 Å². The average molecular weight is 474 g/mol. The Balaban J connectivity index is 0.00000272. The van der Waals surface area contributed by atoms with Gasteiger partial charge in [0.2, 0.25) is 0 Å². The molecule has 1 aromatic heterocycles. The van der Waals surface area contributed by atoms with Crippen LogP contribution < -0.4 is 26.3 Å². The second kappa shape index (κ2) is 12.1. The molecule has 4 aromatic rings. The van der Waals surface area contributed by atoms with Gasteiger partial charge >= 0.3 is 0 Å². The molecule has 158 valence electrons. The zero-order chi connectivity index (χ0) is 20.4. The van der Waals surface area contributed by atoms with E-state index in [9.17, 15) is 0 Å². The fourth-order valence-electron chi connectivity index (χ4n) is 3.59. The molecule has 0 bridgehead atoms. The summed E-state index contributed by atoms with van der Waals surface area (Å²) in [5, 5.41) is 0. The van der Waals surface area contributed by atoms with Crippen LogP contribution in [0.1, 0.15) is 17.5 Å². The standard InChI is InChI=1S/C28H28NO.BrH/c1-3-9-24(10-4-1)14-15-25-16-18-28(19-17-25)30-22-8-21-29-20-7-13-27(23-29)26-11-5-2-6-12-26;/h1-7,9-13,16-20,23H,8,14-15,21-22H2;1H/q+1;/p-1. The number of aryl methyl sites for hydroxylation is 3. The van der Waals surface area contributed by atoms with Crippen molar-refractivity contribution in [3.05, 3.63) is 121 Å². The van der Waals surface area contributed by atoms with Crippen molar-refractivity contribution < 1.29 is 26.3 Å². The Morgan fingerprint density at radius 2 is 1.23 bits per heavy atom. The summed E-state index contributed by atoms with van der Waals surface area (Å²) < 4.78 is 8.18. The number of ether oxygens (including phenoxy) is 1. The van der Waals surface area contributed by atoms with Crippen LogP contribution in [0.4, 0.5) is 0 Å². The summed E-state index contributed by atoms with van der Waals surface area (Å²) in [5.74, 6) is 0.946. The highest BCUT2D eigenvalue weighted by atomic mass is 79.9. The molecule has 0 aliphatic heterocycles. The van der Waals surface area contributed by atoms with E-state index in [1.165, 1.54) is 22.3 Å². The van der Waals surface area contributed by atoms with Crippen LogP contribution in [0.2, 0.25) is 0 Å². The number of hydrogen-bond donors (Lipinski definition) is 0. The molecule has 0 unspecified atom stereocenters. The van der Waals surface area contributed by atoms with Crippen LogP contribution in [0, 0.1) is 0 Å². The number of rotatable bonds is 9. The number of nitrogens with zero attached hydrogens (tertiary/aromatic N) is 1. The van der Waals surface area contributed by atoms with Gasteiger partial charge < -0.3 is 21.7 Å². The molecule has 0 aliphatic carbocycles. The van der Waals surface area contributed by atoms with Crippen molar-refractivity contribution in [2.45, 2.75) is 25.8 Å². The maximum Gasteiger partial charge on any atom is 0.176 e. The molecule has 3 aromatic carbocycles. The van der Waals surface area contributed by atoms with Crippen molar-refractivity contribution in [3.63, 3.8) is 0 Å².